The van der Waals surface area contributed by atoms with E-state index in [1.54, 1.807) is 29.9 Å². The first-order chi connectivity index (χ1) is 9.85. The molecule has 0 bridgehead atoms. The van der Waals surface area contributed by atoms with E-state index in [0.29, 0.717) is 0 Å². The zero-order chi connectivity index (χ0) is 14.2. The number of carboxylic acid groups (broad SMARTS) is 1. The van der Waals surface area contributed by atoms with Gasteiger partial charge in [0, 0.05) is 31.3 Å². The van der Waals surface area contributed by atoms with Crippen molar-refractivity contribution in [1.82, 2.24) is 19.5 Å². The molecule has 0 unspecified atom stereocenters. The van der Waals surface area contributed by atoms with Crippen molar-refractivity contribution in [3.8, 4) is 11.4 Å². The van der Waals surface area contributed by atoms with Crippen LogP contribution in [0.2, 0.25) is 0 Å². The third-order valence-corrected chi connectivity index (χ3v) is 3.20. The highest BCUT2D eigenvalue weighted by Gasteiger charge is 2.06. The Labute approximate surface area is 119 Å². The second kappa shape index (κ2) is 7.15. The highest BCUT2D eigenvalue weighted by atomic mass is 32.1. The molecule has 0 saturated carbocycles. The number of imidazole rings is 1. The molecule has 6 nitrogen and oxygen atoms in total. The molecule has 20 heavy (non-hydrogen) atoms. The first kappa shape index (κ1) is 13.9. The van der Waals surface area contributed by atoms with E-state index < -0.39 is 0 Å². The third kappa shape index (κ3) is 3.48. The van der Waals surface area contributed by atoms with E-state index in [1.165, 1.54) is 11.9 Å². The number of hydrogen-bond donors (Lipinski definition) is 1. The van der Waals surface area contributed by atoms with Gasteiger partial charge in [-0.05, 0) is 22.4 Å². The second-order valence-corrected chi connectivity index (χ2v) is 4.52. The summed E-state index contributed by atoms with van der Waals surface area (Å²) in [4.78, 5) is 20.7. The molecule has 0 atom stereocenters. The van der Waals surface area contributed by atoms with Crippen LogP contribution in [0.1, 0.15) is 5.56 Å². The summed E-state index contributed by atoms with van der Waals surface area (Å²) in [5.74, 6) is 0.900. The van der Waals surface area contributed by atoms with E-state index in [9.17, 15) is 0 Å². The summed E-state index contributed by atoms with van der Waals surface area (Å²) in [6, 6.07) is 2.12. The summed E-state index contributed by atoms with van der Waals surface area (Å²) in [5, 5.41) is 11.1. The van der Waals surface area contributed by atoms with Crippen LogP contribution in [0, 0.1) is 0 Å². The molecule has 3 heterocycles. The van der Waals surface area contributed by atoms with E-state index in [0.717, 1.165) is 17.9 Å². The molecular weight excluding hydrogens is 276 g/mol. The fourth-order valence-corrected chi connectivity index (χ4v) is 2.35. The van der Waals surface area contributed by atoms with Crippen molar-refractivity contribution in [1.29, 1.82) is 0 Å². The third-order valence-electron chi connectivity index (χ3n) is 2.47. The van der Waals surface area contributed by atoms with Crippen LogP contribution in [-0.2, 0) is 11.3 Å². The van der Waals surface area contributed by atoms with Gasteiger partial charge in [-0.3, -0.25) is 4.79 Å². The predicted octanol–water partition coefficient (Wildman–Crippen LogP) is 2.15. The first-order valence-electron chi connectivity index (χ1n) is 5.70. The Hall–Kier alpha value is -2.54. The Bertz CT molecular complexity index is 637. The summed E-state index contributed by atoms with van der Waals surface area (Å²) in [5.41, 5.74) is 2.22. The van der Waals surface area contributed by atoms with E-state index in [2.05, 4.69) is 36.3 Å². The molecule has 0 spiro atoms. The van der Waals surface area contributed by atoms with Crippen LogP contribution < -0.4 is 0 Å². The van der Waals surface area contributed by atoms with Gasteiger partial charge in [-0.2, -0.15) is 11.3 Å². The van der Waals surface area contributed by atoms with Gasteiger partial charge in [-0.1, -0.05) is 0 Å². The standard InChI is InChI=1S/C12H10N4S.CH2O2/c1-4-17-8-10(1)7-16-3-2-15-12(16)11-5-13-9-14-6-11;2-1-3/h1-6,8-9H,7H2;1H,(H,2,3). The minimum atomic E-state index is -0.250. The van der Waals surface area contributed by atoms with Gasteiger partial charge in [0.15, 0.2) is 0 Å². The average Bonchev–Trinajstić information content (AvgIpc) is 3.13. The van der Waals surface area contributed by atoms with Gasteiger partial charge < -0.3 is 9.67 Å². The van der Waals surface area contributed by atoms with Crippen molar-refractivity contribution in [3.05, 3.63) is 53.5 Å². The molecule has 1 N–H and O–H groups in total. The lowest BCUT2D eigenvalue weighted by molar-refractivity contribution is -0.122. The zero-order valence-electron chi connectivity index (χ0n) is 10.5. The van der Waals surface area contributed by atoms with Crippen molar-refractivity contribution in [2.75, 3.05) is 0 Å². The normalized spacial score (nSPS) is 9.60. The van der Waals surface area contributed by atoms with E-state index in [1.807, 2.05) is 6.20 Å². The molecule has 0 aromatic carbocycles. The van der Waals surface area contributed by atoms with Crippen molar-refractivity contribution < 1.29 is 9.90 Å². The number of carbonyl (C=O) groups is 1. The maximum absolute atomic E-state index is 8.36. The van der Waals surface area contributed by atoms with E-state index >= 15 is 0 Å². The van der Waals surface area contributed by atoms with Gasteiger partial charge in [-0.15, -0.1) is 0 Å². The monoisotopic (exact) mass is 288 g/mol. The summed E-state index contributed by atoms with van der Waals surface area (Å²) < 4.78 is 2.10. The van der Waals surface area contributed by atoms with Gasteiger partial charge in [0.25, 0.3) is 6.47 Å². The molecule has 0 aliphatic heterocycles. The number of aromatic nitrogens is 4. The second-order valence-electron chi connectivity index (χ2n) is 3.74. The molecule has 0 amide bonds. The topological polar surface area (TPSA) is 80.9 Å². The van der Waals surface area contributed by atoms with Crippen LogP contribution >= 0.6 is 11.3 Å². The first-order valence-corrected chi connectivity index (χ1v) is 6.65. The van der Waals surface area contributed by atoms with Gasteiger partial charge in [0.05, 0.1) is 5.56 Å². The van der Waals surface area contributed by atoms with Crippen molar-refractivity contribution in [2.45, 2.75) is 6.54 Å². The average molecular weight is 288 g/mol. The lowest BCUT2D eigenvalue weighted by atomic mass is 10.3. The van der Waals surface area contributed by atoms with Crippen LogP contribution in [0.25, 0.3) is 11.4 Å². The van der Waals surface area contributed by atoms with Crippen LogP contribution in [-0.4, -0.2) is 31.1 Å². The maximum atomic E-state index is 8.36. The van der Waals surface area contributed by atoms with Crippen LogP contribution in [0.4, 0.5) is 0 Å². The summed E-state index contributed by atoms with van der Waals surface area (Å²) >= 11 is 1.70. The molecule has 0 aliphatic carbocycles. The van der Waals surface area contributed by atoms with Crippen molar-refractivity contribution >= 4 is 17.8 Å². The molecule has 0 fully saturated rings. The maximum Gasteiger partial charge on any atom is 0.290 e. The zero-order valence-corrected chi connectivity index (χ0v) is 11.3. The Balaban J connectivity index is 0.000000452. The predicted molar refractivity (Wildman–Crippen MR) is 75.4 cm³/mol. The van der Waals surface area contributed by atoms with Crippen LogP contribution in [0.5, 0.6) is 0 Å². The fourth-order valence-electron chi connectivity index (χ4n) is 1.69. The SMILES string of the molecule is O=CO.c1ncc(-c2nccn2Cc2ccsc2)cn1. The Morgan fingerprint density at radius 3 is 2.75 bits per heavy atom. The molecule has 3 aromatic heterocycles. The molecule has 0 saturated heterocycles. The summed E-state index contributed by atoms with van der Waals surface area (Å²) in [7, 11) is 0. The summed E-state index contributed by atoms with van der Waals surface area (Å²) in [6.45, 7) is 0.577. The molecule has 0 radical (unpaired) electrons. The van der Waals surface area contributed by atoms with Gasteiger partial charge >= 0.3 is 0 Å². The number of nitrogens with zero attached hydrogens (tertiary/aromatic N) is 4. The number of rotatable bonds is 3. The Morgan fingerprint density at radius 1 is 1.35 bits per heavy atom. The van der Waals surface area contributed by atoms with Crippen LogP contribution in [0.3, 0.4) is 0 Å². The van der Waals surface area contributed by atoms with Crippen LogP contribution in [0.15, 0.2) is 47.9 Å². The lowest BCUT2D eigenvalue weighted by Crippen LogP contribution is -2.00. The fraction of sp³-hybridized carbons (Fsp3) is 0.0769. The lowest BCUT2D eigenvalue weighted by Gasteiger charge is -2.05. The van der Waals surface area contributed by atoms with Crippen molar-refractivity contribution in [2.24, 2.45) is 0 Å². The quantitative estimate of drug-likeness (QED) is 0.747. The van der Waals surface area contributed by atoms with E-state index in [4.69, 9.17) is 9.90 Å². The molecule has 102 valence electrons. The van der Waals surface area contributed by atoms with E-state index in [-0.39, 0.29) is 6.47 Å². The highest BCUT2D eigenvalue weighted by molar-refractivity contribution is 7.07. The largest absolute Gasteiger partial charge is 0.483 e. The molecule has 3 rings (SSSR count). The molecule has 7 heteroatoms. The Morgan fingerprint density at radius 2 is 2.10 bits per heavy atom. The number of thiophene rings is 1. The van der Waals surface area contributed by atoms with Gasteiger partial charge in [0.2, 0.25) is 0 Å². The van der Waals surface area contributed by atoms with Gasteiger partial charge in [0.1, 0.15) is 12.2 Å². The molecular formula is C13H12N4O2S. The highest BCUT2D eigenvalue weighted by Crippen LogP contribution is 2.17. The summed E-state index contributed by atoms with van der Waals surface area (Å²) in [6.07, 6.45) is 8.85. The minimum Gasteiger partial charge on any atom is -0.483 e. The Kier molecular flexibility index (Phi) is 4.96. The van der Waals surface area contributed by atoms with Crippen molar-refractivity contribution in [3.63, 3.8) is 0 Å². The number of hydrogen-bond acceptors (Lipinski definition) is 5. The molecule has 0 aliphatic rings. The van der Waals surface area contributed by atoms with Gasteiger partial charge in [-0.25, -0.2) is 15.0 Å². The molecule has 3 aromatic rings. The smallest absolute Gasteiger partial charge is 0.290 e. The minimum absolute atomic E-state index is 0.250.